The molecule has 104 valence electrons. The quantitative estimate of drug-likeness (QED) is 0.903. The first-order valence-corrected chi connectivity index (χ1v) is 7.93. The minimum atomic E-state index is 0.0793. The number of nitrogens with zero attached hydrogens (tertiary/aromatic N) is 3. The lowest BCUT2D eigenvalue weighted by Gasteiger charge is -2.43. The molecule has 2 heterocycles. The second kappa shape index (κ2) is 5.45. The van der Waals surface area contributed by atoms with Gasteiger partial charge in [-0.1, -0.05) is 24.2 Å². The number of piperidine rings is 1. The second-order valence-electron chi connectivity index (χ2n) is 5.42. The number of amides is 1. The lowest BCUT2D eigenvalue weighted by Crippen LogP contribution is -2.49. The smallest absolute Gasteiger partial charge is 0.285 e. The molecule has 1 aliphatic carbocycles. The summed E-state index contributed by atoms with van der Waals surface area (Å²) in [5, 5.41) is 12.1. The molecule has 0 radical (unpaired) electrons. The Kier molecular flexibility index (Phi) is 3.68. The predicted molar refractivity (Wildman–Crippen MR) is 75.5 cm³/mol. The number of fused-ring (bicyclic) bond motifs is 1. The Hall–Kier alpha value is -1.17. The Morgan fingerprint density at radius 2 is 2.05 bits per heavy atom. The average Bonchev–Trinajstić information content (AvgIpc) is 2.95. The van der Waals surface area contributed by atoms with Gasteiger partial charge < -0.3 is 10.2 Å². The molecule has 1 amide bonds. The van der Waals surface area contributed by atoms with Crippen LogP contribution in [0.4, 0.5) is 5.13 Å². The molecule has 1 saturated carbocycles. The summed E-state index contributed by atoms with van der Waals surface area (Å²) in [5.74, 6) is 0.791. The number of carbonyl (C=O) groups is 1. The summed E-state index contributed by atoms with van der Waals surface area (Å²) in [6.07, 6.45) is 7.44. The van der Waals surface area contributed by atoms with Gasteiger partial charge in [-0.05, 0) is 31.6 Å². The molecule has 2 unspecified atom stereocenters. The highest BCUT2D eigenvalue weighted by atomic mass is 32.1. The van der Waals surface area contributed by atoms with Crippen LogP contribution in [0.5, 0.6) is 0 Å². The maximum atomic E-state index is 12.6. The third-order valence-electron chi connectivity index (χ3n) is 4.33. The Bertz CT molecular complexity index is 459. The van der Waals surface area contributed by atoms with Crippen LogP contribution in [0.1, 0.15) is 48.3 Å². The van der Waals surface area contributed by atoms with Gasteiger partial charge in [0.25, 0.3) is 5.91 Å². The summed E-state index contributed by atoms with van der Waals surface area (Å²) in [6, 6.07) is 0.442. The first kappa shape index (κ1) is 12.8. The molecule has 5 nitrogen and oxygen atoms in total. The summed E-state index contributed by atoms with van der Waals surface area (Å²) in [5.41, 5.74) is 0. The molecule has 0 spiro atoms. The van der Waals surface area contributed by atoms with E-state index in [1.54, 1.807) is 7.05 Å². The second-order valence-corrected chi connectivity index (χ2v) is 6.39. The summed E-state index contributed by atoms with van der Waals surface area (Å²) < 4.78 is 0. The molecule has 1 aliphatic heterocycles. The zero-order valence-corrected chi connectivity index (χ0v) is 12.1. The normalized spacial score (nSPS) is 26.9. The van der Waals surface area contributed by atoms with E-state index in [1.807, 2.05) is 0 Å². The molecule has 19 heavy (non-hydrogen) atoms. The minimum Gasteiger partial charge on any atom is -0.363 e. The lowest BCUT2D eigenvalue weighted by molar-refractivity contribution is 0.0389. The highest BCUT2D eigenvalue weighted by molar-refractivity contribution is 7.17. The zero-order valence-electron chi connectivity index (χ0n) is 11.3. The molecule has 1 N–H and O–H groups in total. The highest BCUT2D eigenvalue weighted by Crippen LogP contribution is 2.36. The Labute approximate surface area is 117 Å². The molecule has 1 saturated heterocycles. The van der Waals surface area contributed by atoms with E-state index >= 15 is 0 Å². The largest absolute Gasteiger partial charge is 0.363 e. The first-order valence-electron chi connectivity index (χ1n) is 7.12. The molecular weight excluding hydrogens is 260 g/mol. The van der Waals surface area contributed by atoms with Crippen LogP contribution in [0.2, 0.25) is 0 Å². The monoisotopic (exact) mass is 280 g/mol. The van der Waals surface area contributed by atoms with Crippen molar-refractivity contribution in [1.29, 1.82) is 0 Å². The van der Waals surface area contributed by atoms with Crippen molar-refractivity contribution in [2.45, 2.75) is 44.6 Å². The van der Waals surface area contributed by atoms with Crippen molar-refractivity contribution in [2.24, 2.45) is 5.92 Å². The fraction of sp³-hybridized carbons (Fsp3) is 0.769. The molecule has 6 heteroatoms. The maximum absolute atomic E-state index is 12.6. The lowest BCUT2D eigenvalue weighted by atomic mass is 9.78. The van der Waals surface area contributed by atoms with Crippen molar-refractivity contribution in [1.82, 2.24) is 15.1 Å². The first-order chi connectivity index (χ1) is 9.29. The highest BCUT2D eigenvalue weighted by Gasteiger charge is 2.36. The van der Waals surface area contributed by atoms with Gasteiger partial charge in [0.1, 0.15) is 0 Å². The Morgan fingerprint density at radius 3 is 2.84 bits per heavy atom. The summed E-state index contributed by atoms with van der Waals surface area (Å²) in [4.78, 5) is 14.7. The van der Waals surface area contributed by atoms with Crippen LogP contribution in [-0.4, -0.2) is 40.6 Å². The van der Waals surface area contributed by atoms with Crippen LogP contribution in [0.25, 0.3) is 0 Å². The predicted octanol–water partition coefficient (Wildman–Crippen LogP) is 2.37. The zero-order chi connectivity index (χ0) is 13.2. The minimum absolute atomic E-state index is 0.0793. The number of likely N-dealkylation sites (tertiary alicyclic amines) is 1. The Balaban J connectivity index is 1.77. The average molecular weight is 280 g/mol. The topological polar surface area (TPSA) is 58.1 Å². The van der Waals surface area contributed by atoms with Crippen LogP contribution in [0.15, 0.2) is 0 Å². The van der Waals surface area contributed by atoms with Crippen LogP contribution >= 0.6 is 11.3 Å². The van der Waals surface area contributed by atoms with Crippen molar-refractivity contribution in [3.8, 4) is 0 Å². The summed E-state index contributed by atoms with van der Waals surface area (Å²) >= 11 is 1.35. The standard InChI is InChI=1S/C13H20N4OS/c1-14-13-16-15-11(19-13)12(18)17-8-4-6-9-5-2-3-7-10(9)17/h9-10H,2-8H2,1H3,(H,14,16). The van der Waals surface area contributed by atoms with Crippen LogP contribution in [-0.2, 0) is 0 Å². The van der Waals surface area contributed by atoms with Gasteiger partial charge >= 0.3 is 0 Å². The van der Waals surface area contributed by atoms with E-state index in [0.717, 1.165) is 19.4 Å². The number of carbonyl (C=O) groups excluding carboxylic acids is 1. The number of nitrogens with one attached hydrogen (secondary N) is 1. The number of anilines is 1. The molecule has 3 rings (SSSR count). The summed E-state index contributed by atoms with van der Waals surface area (Å²) in [7, 11) is 1.80. The number of hydrogen-bond donors (Lipinski definition) is 1. The van der Waals surface area contributed by atoms with E-state index in [2.05, 4.69) is 20.4 Å². The molecule has 1 aromatic rings. The maximum Gasteiger partial charge on any atom is 0.285 e. The van der Waals surface area contributed by atoms with E-state index in [9.17, 15) is 4.79 Å². The molecule has 1 aromatic heterocycles. The SMILES string of the molecule is CNc1nnc(C(=O)N2CCCC3CCCCC32)s1. The van der Waals surface area contributed by atoms with Gasteiger partial charge in [-0.25, -0.2) is 0 Å². The van der Waals surface area contributed by atoms with Gasteiger partial charge in [-0.3, -0.25) is 4.79 Å². The van der Waals surface area contributed by atoms with E-state index in [1.165, 1.54) is 37.0 Å². The molecule has 2 aliphatic rings. The van der Waals surface area contributed by atoms with Gasteiger partial charge in [-0.15, -0.1) is 10.2 Å². The van der Waals surface area contributed by atoms with Gasteiger partial charge in [0.2, 0.25) is 10.1 Å². The molecule has 0 bridgehead atoms. The number of rotatable bonds is 2. The van der Waals surface area contributed by atoms with Gasteiger partial charge in [0.05, 0.1) is 0 Å². The molecule has 0 aromatic carbocycles. The van der Waals surface area contributed by atoms with Crippen molar-refractivity contribution < 1.29 is 4.79 Å². The van der Waals surface area contributed by atoms with Crippen LogP contribution < -0.4 is 5.32 Å². The van der Waals surface area contributed by atoms with E-state index in [-0.39, 0.29) is 5.91 Å². The fourth-order valence-electron chi connectivity index (χ4n) is 3.41. The number of aromatic nitrogens is 2. The number of hydrogen-bond acceptors (Lipinski definition) is 5. The van der Waals surface area contributed by atoms with E-state index in [4.69, 9.17) is 0 Å². The van der Waals surface area contributed by atoms with Crippen LogP contribution in [0.3, 0.4) is 0 Å². The van der Waals surface area contributed by atoms with Gasteiger partial charge in [0, 0.05) is 19.6 Å². The van der Waals surface area contributed by atoms with Crippen molar-refractivity contribution >= 4 is 22.4 Å². The van der Waals surface area contributed by atoms with Crippen LogP contribution in [0, 0.1) is 5.92 Å². The van der Waals surface area contributed by atoms with E-state index in [0.29, 0.717) is 22.1 Å². The van der Waals surface area contributed by atoms with Gasteiger partial charge in [-0.2, -0.15) is 0 Å². The fourth-order valence-corrected chi connectivity index (χ4v) is 4.06. The Morgan fingerprint density at radius 1 is 1.26 bits per heavy atom. The third kappa shape index (κ3) is 2.45. The summed E-state index contributed by atoms with van der Waals surface area (Å²) in [6.45, 7) is 0.883. The van der Waals surface area contributed by atoms with Crippen molar-refractivity contribution in [3.63, 3.8) is 0 Å². The molecular formula is C13H20N4OS. The van der Waals surface area contributed by atoms with Crippen molar-refractivity contribution in [2.75, 3.05) is 18.9 Å². The molecule has 2 fully saturated rings. The van der Waals surface area contributed by atoms with E-state index < -0.39 is 0 Å². The van der Waals surface area contributed by atoms with Gasteiger partial charge in [0.15, 0.2) is 0 Å². The van der Waals surface area contributed by atoms with Crippen molar-refractivity contribution in [3.05, 3.63) is 5.01 Å². The third-order valence-corrected chi connectivity index (χ3v) is 5.25. The molecule has 2 atom stereocenters.